The van der Waals surface area contributed by atoms with Crippen LogP contribution in [0.4, 0.5) is 11.5 Å². The van der Waals surface area contributed by atoms with Gasteiger partial charge in [-0.2, -0.15) is 0 Å². The average molecular weight is 282 g/mol. The van der Waals surface area contributed by atoms with E-state index in [4.69, 9.17) is 5.11 Å². The van der Waals surface area contributed by atoms with Crippen molar-refractivity contribution in [2.75, 3.05) is 11.4 Å². The lowest BCUT2D eigenvalue weighted by atomic mass is 10.1. The van der Waals surface area contributed by atoms with E-state index in [0.717, 1.165) is 29.7 Å². The van der Waals surface area contributed by atoms with Gasteiger partial charge in [0.05, 0.1) is 0 Å². The Morgan fingerprint density at radius 1 is 1.33 bits per heavy atom. The zero-order chi connectivity index (χ0) is 15.2. The lowest BCUT2D eigenvalue weighted by molar-refractivity contribution is -0.131. The number of hydrogen-bond donors (Lipinski definition) is 1. The van der Waals surface area contributed by atoms with Gasteiger partial charge in [0.25, 0.3) is 0 Å². The monoisotopic (exact) mass is 282 g/mol. The minimum atomic E-state index is -0.969. The fraction of sp³-hybridized carbons (Fsp3) is 0.176. The van der Waals surface area contributed by atoms with Crippen LogP contribution in [0, 0.1) is 6.92 Å². The highest BCUT2D eigenvalue weighted by Crippen LogP contribution is 2.27. The number of carboxylic acid groups (broad SMARTS) is 1. The van der Waals surface area contributed by atoms with Crippen LogP contribution in [0.2, 0.25) is 0 Å². The summed E-state index contributed by atoms with van der Waals surface area (Å²) >= 11 is 0. The fourth-order valence-corrected chi connectivity index (χ4v) is 2.18. The number of carboxylic acids is 1. The average Bonchev–Trinajstić information content (AvgIpc) is 2.47. The summed E-state index contributed by atoms with van der Waals surface area (Å²) in [5.41, 5.74) is 2.99. The van der Waals surface area contributed by atoms with Crippen LogP contribution in [0.25, 0.3) is 6.08 Å². The topological polar surface area (TPSA) is 53.4 Å². The van der Waals surface area contributed by atoms with Crippen molar-refractivity contribution in [2.45, 2.75) is 13.8 Å². The lowest BCUT2D eigenvalue weighted by Gasteiger charge is -2.24. The fourth-order valence-electron chi connectivity index (χ4n) is 2.18. The van der Waals surface area contributed by atoms with Crippen molar-refractivity contribution in [3.63, 3.8) is 0 Å². The largest absolute Gasteiger partial charge is 0.478 e. The number of carbonyl (C=O) groups is 1. The number of rotatable bonds is 5. The van der Waals surface area contributed by atoms with Crippen LogP contribution in [0.5, 0.6) is 0 Å². The van der Waals surface area contributed by atoms with E-state index < -0.39 is 5.97 Å². The van der Waals surface area contributed by atoms with Crippen LogP contribution < -0.4 is 4.90 Å². The third-order valence-electron chi connectivity index (χ3n) is 3.11. The number of hydrogen-bond acceptors (Lipinski definition) is 3. The highest BCUT2D eigenvalue weighted by Gasteiger charge is 2.12. The van der Waals surface area contributed by atoms with Crippen molar-refractivity contribution in [1.82, 2.24) is 4.98 Å². The minimum Gasteiger partial charge on any atom is -0.478 e. The van der Waals surface area contributed by atoms with Crippen LogP contribution in [0.3, 0.4) is 0 Å². The van der Waals surface area contributed by atoms with Crippen molar-refractivity contribution in [3.8, 4) is 0 Å². The molecule has 0 aliphatic rings. The van der Waals surface area contributed by atoms with E-state index in [0.29, 0.717) is 0 Å². The summed E-state index contributed by atoms with van der Waals surface area (Å²) in [5.74, 6) is -0.216. The van der Waals surface area contributed by atoms with Gasteiger partial charge in [0.15, 0.2) is 0 Å². The predicted molar refractivity (Wildman–Crippen MR) is 84.8 cm³/mol. The molecule has 1 heterocycles. The third-order valence-corrected chi connectivity index (χ3v) is 3.11. The van der Waals surface area contributed by atoms with E-state index >= 15 is 0 Å². The smallest absolute Gasteiger partial charge is 0.328 e. The second kappa shape index (κ2) is 6.70. The molecule has 0 aliphatic heterocycles. The molecule has 0 fully saturated rings. The Balaban J connectivity index is 2.45. The molecule has 4 heteroatoms. The van der Waals surface area contributed by atoms with Crippen LogP contribution >= 0.6 is 0 Å². The molecule has 1 N–H and O–H groups in total. The highest BCUT2D eigenvalue weighted by atomic mass is 16.4. The second-order valence-corrected chi connectivity index (χ2v) is 4.67. The number of aryl methyl sites for hydroxylation is 1. The zero-order valence-corrected chi connectivity index (χ0v) is 12.2. The van der Waals surface area contributed by atoms with Crippen molar-refractivity contribution in [1.29, 1.82) is 0 Å². The van der Waals surface area contributed by atoms with Crippen molar-refractivity contribution < 1.29 is 9.90 Å². The highest BCUT2D eigenvalue weighted by molar-refractivity contribution is 5.87. The first-order valence-electron chi connectivity index (χ1n) is 6.82. The van der Waals surface area contributed by atoms with Gasteiger partial charge in [-0.25, -0.2) is 9.78 Å². The number of nitrogens with zero attached hydrogens (tertiary/aromatic N) is 2. The van der Waals surface area contributed by atoms with Gasteiger partial charge in [-0.3, -0.25) is 0 Å². The number of aliphatic carboxylic acids is 1. The summed E-state index contributed by atoms with van der Waals surface area (Å²) in [6.45, 7) is 4.83. The summed E-state index contributed by atoms with van der Waals surface area (Å²) in [4.78, 5) is 17.2. The van der Waals surface area contributed by atoms with Gasteiger partial charge in [0.1, 0.15) is 5.82 Å². The van der Waals surface area contributed by atoms with Gasteiger partial charge in [0.2, 0.25) is 0 Å². The van der Waals surface area contributed by atoms with E-state index in [1.54, 1.807) is 18.3 Å². The Hall–Kier alpha value is -2.62. The van der Waals surface area contributed by atoms with Crippen molar-refractivity contribution >= 4 is 23.6 Å². The lowest BCUT2D eigenvalue weighted by Crippen LogP contribution is -2.18. The van der Waals surface area contributed by atoms with Gasteiger partial charge in [-0.1, -0.05) is 12.1 Å². The van der Waals surface area contributed by atoms with Crippen molar-refractivity contribution in [2.24, 2.45) is 0 Å². The van der Waals surface area contributed by atoms with Crippen LogP contribution in [-0.2, 0) is 4.79 Å². The maximum absolute atomic E-state index is 10.7. The van der Waals surface area contributed by atoms with Crippen molar-refractivity contribution in [3.05, 3.63) is 59.8 Å². The van der Waals surface area contributed by atoms with E-state index in [2.05, 4.69) is 16.0 Å². The second-order valence-electron chi connectivity index (χ2n) is 4.67. The molecule has 2 aromatic rings. The number of anilines is 2. The molecule has 21 heavy (non-hydrogen) atoms. The van der Waals surface area contributed by atoms with E-state index in [9.17, 15) is 4.79 Å². The van der Waals surface area contributed by atoms with Gasteiger partial charge >= 0.3 is 5.97 Å². The Bertz CT molecular complexity index is 665. The summed E-state index contributed by atoms with van der Waals surface area (Å²) in [6, 6.07) is 11.8. The van der Waals surface area contributed by atoms with E-state index in [-0.39, 0.29) is 0 Å². The number of benzene rings is 1. The Morgan fingerprint density at radius 2 is 2.14 bits per heavy atom. The third kappa shape index (κ3) is 3.69. The molecular formula is C17H18N2O2. The quantitative estimate of drug-likeness (QED) is 0.851. The summed E-state index contributed by atoms with van der Waals surface area (Å²) in [6.07, 6.45) is 4.42. The molecule has 0 amide bonds. The molecule has 1 aromatic carbocycles. The molecule has 2 rings (SSSR count). The van der Waals surface area contributed by atoms with Gasteiger partial charge < -0.3 is 10.0 Å². The maximum Gasteiger partial charge on any atom is 0.328 e. The maximum atomic E-state index is 10.7. The molecule has 1 aromatic heterocycles. The molecule has 0 bridgehead atoms. The summed E-state index contributed by atoms with van der Waals surface area (Å²) in [5, 5.41) is 8.79. The predicted octanol–water partition coefficient (Wildman–Crippen LogP) is 3.65. The first-order valence-corrected chi connectivity index (χ1v) is 6.82. The molecule has 0 saturated carbocycles. The van der Waals surface area contributed by atoms with Gasteiger partial charge in [-0.15, -0.1) is 0 Å². The SMILES string of the molecule is CCN(c1cccc(C)c1)c1ncccc1/C=C/C(=O)O. The van der Waals surface area contributed by atoms with Gasteiger partial charge in [-0.05, 0) is 49.8 Å². The summed E-state index contributed by atoms with van der Waals surface area (Å²) in [7, 11) is 0. The molecule has 4 nitrogen and oxygen atoms in total. The standard InChI is InChI=1S/C17H18N2O2/c1-3-19(15-8-4-6-13(2)12-15)17-14(7-5-11-18-17)9-10-16(20)21/h4-12H,3H2,1-2H3,(H,20,21)/b10-9+. The number of aromatic nitrogens is 1. The van der Waals surface area contributed by atoms with E-state index in [1.165, 1.54) is 5.56 Å². The minimum absolute atomic E-state index is 0.744. The Kier molecular flexibility index (Phi) is 4.72. The van der Waals surface area contributed by atoms with Crippen LogP contribution in [0.1, 0.15) is 18.1 Å². The first-order chi connectivity index (χ1) is 10.1. The van der Waals surface area contributed by atoms with E-state index in [1.807, 2.05) is 38.1 Å². The molecule has 0 aliphatic carbocycles. The normalized spacial score (nSPS) is 10.8. The molecule has 0 saturated heterocycles. The Labute approximate surface area is 124 Å². The molecule has 0 radical (unpaired) electrons. The Morgan fingerprint density at radius 3 is 2.81 bits per heavy atom. The zero-order valence-electron chi connectivity index (χ0n) is 12.2. The molecule has 0 atom stereocenters. The number of pyridine rings is 1. The first kappa shape index (κ1) is 14.8. The molecule has 108 valence electrons. The summed E-state index contributed by atoms with van der Waals surface area (Å²) < 4.78 is 0. The molecule has 0 unspecified atom stereocenters. The molecular weight excluding hydrogens is 264 g/mol. The van der Waals surface area contributed by atoms with Gasteiger partial charge in [0, 0.05) is 30.1 Å². The van der Waals surface area contributed by atoms with Crippen LogP contribution in [0.15, 0.2) is 48.7 Å². The van der Waals surface area contributed by atoms with Crippen LogP contribution in [-0.4, -0.2) is 22.6 Å². The molecule has 0 spiro atoms.